The average Bonchev–Trinajstić information content (AvgIpc) is 2.91. The largest absolute Gasteiger partial charge is 0.356 e. The van der Waals surface area contributed by atoms with E-state index < -0.39 is 0 Å². The van der Waals surface area contributed by atoms with E-state index in [4.69, 9.17) is 0 Å². The number of carbonyl (C=O) groups excluding carboxylic acids is 1. The zero-order valence-corrected chi connectivity index (χ0v) is 9.07. The first kappa shape index (κ1) is 10.2. The van der Waals surface area contributed by atoms with Gasteiger partial charge in [-0.25, -0.2) is 4.98 Å². The van der Waals surface area contributed by atoms with Crippen LogP contribution in [-0.4, -0.2) is 22.0 Å². The summed E-state index contributed by atoms with van der Waals surface area (Å²) in [7, 11) is 1.97. The third-order valence-electron chi connectivity index (χ3n) is 2.79. The molecule has 1 amide bonds. The number of aryl methyl sites for hydroxylation is 1. The van der Waals surface area contributed by atoms with Gasteiger partial charge in [0, 0.05) is 38.3 Å². The Balaban J connectivity index is 1.65. The molecule has 2 rings (SSSR count). The molecule has 0 aromatic carbocycles. The van der Waals surface area contributed by atoms with E-state index in [1.807, 2.05) is 17.8 Å². The van der Waals surface area contributed by atoms with Gasteiger partial charge >= 0.3 is 0 Å². The van der Waals surface area contributed by atoms with E-state index in [2.05, 4.69) is 10.3 Å². The predicted molar refractivity (Wildman–Crippen MR) is 57.3 cm³/mol. The first-order valence-corrected chi connectivity index (χ1v) is 5.47. The minimum atomic E-state index is 0.194. The van der Waals surface area contributed by atoms with Crippen LogP contribution in [0.3, 0.4) is 0 Å². The van der Waals surface area contributed by atoms with Crippen molar-refractivity contribution in [2.45, 2.75) is 25.7 Å². The molecule has 1 aliphatic rings. The molecular weight excluding hydrogens is 190 g/mol. The van der Waals surface area contributed by atoms with Gasteiger partial charge in [-0.05, 0) is 18.8 Å². The molecule has 4 nitrogen and oxygen atoms in total. The Hall–Kier alpha value is -1.32. The molecule has 1 N–H and O–H groups in total. The van der Waals surface area contributed by atoms with E-state index in [9.17, 15) is 4.79 Å². The van der Waals surface area contributed by atoms with Crippen molar-refractivity contribution in [2.24, 2.45) is 13.0 Å². The van der Waals surface area contributed by atoms with Crippen LogP contribution in [0.4, 0.5) is 0 Å². The molecule has 0 bridgehead atoms. The molecule has 1 heterocycles. The molecule has 15 heavy (non-hydrogen) atoms. The van der Waals surface area contributed by atoms with Crippen LogP contribution in [0.25, 0.3) is 0 Å². The molecule has 82 valence electrons. The number of amides is 1. The van der Waals surface area contributed by atoms with Crippen LogP contribution in [0.5, 0.6) is 0 Å². The van der Waals surface area contributed by atoms with E-state index >= 15 is 0 Å². The third-order valence-corrected chi connectivity index (χ3v) is 2.79. The lowest BCUT2D eigenvalue weighted by Gasteiger charge is -2.04. The van der Waals surface area contributed by atoms with Gasteiger partial charge in [0.25, 0.3) is 0 Å². The molecule has 0 aliphatic heterocycles. The summed E-state index contributed by atoms with van der Waals surface area (Å²) in [4.78, 5) is 15.4. The Morgan fingerprint density at radius 3 is 3.07 bits per heavy atom. The normalized spacial score (nSPS) is 15.3. The summed E-state index contributed by atoms with van der Waals surface area (Å²) in [6.07, 6.45) is 7.65. The zero-order valence-electron chi connectivity index (χ0n) is 9.07. The van der Waals surface area contributed by atoms with Gasteiger partial charge < -0.3 is 9.88 Å². The lowest BCUT2D eigenvalue weighted by atomic mass is 10.2. The van der Waals surface area contributed by atoms with Crippen molar-refractivity contribution in [3.63, 3.8) is 0 Å². The van der Waals surface area contributed by atoms with E-state index in [0.29, 0.717) is 18.9 Å². The zero-order chi connectivity index (χ0) is 10.7. The maximum Gasteiger partial charge on any atom is 0.220 e. The molecule has 0 atom stereocenters. The highest BCUT2D eigenvalue weighted by atomic mass is 16.1. The predicted octanol–water partition coefficient (Wildman–Crippen LogP) is 0.879. The van der Waals surface area contributed by atoms with Crippen molar-refractivity contribution in [1.82, 2.24) is 14.9 Å². The fourth-order valence-corrected chi connectivity index (χ4v) is 1.61. The van der Waals surface area contributed by atoms with Gasteiger partial charge in [-0.1, -0.05) is 0 Å². The van der Waals surface area contributed by atoms with Crippen molar-refractivity contribution < 1.29 is 4.79 Å². The smallest absolute Gasteiger partial charge is 0.220 e. The fourth-order valence-electron chi connectivity index (χ4n) is 1.61. The van der Waals surface area contributed by atoms with Gasteiger partial charge in [-0.3, -0.25) is 4.79 Å². The number of imidazole rings is 1. The maximum atomic E-state index is 11.4. The number of hydrogen-bond donors (Lipinski definition) is 1. The minimum Gasteiger partial charge on any atom is -0.356 e. The van der Waals surface area contributed by atoms with Crippen LogP contribution in [-0.2, 0) is 18.3 Å². The Labute approximate surface area is 89.7 Å². The molecule has 1 aromatic heterocycles. The first-order valence-electron chi connectivity index (χ1n) is 5.47. The topological polar surface area (TPSA) is 46.9 Å². The molecular formula is C11H17N3O. The molecule has 1 aromatic rings. The monoisotopic (exact) mass is 207 g/mol. The molecule has 0 spiro atoms. The van der Waals surface area contributed by atoms with Crippen molar-refractivity contribution in [3.05, 3.63) is 18.2 Å². The fraction of sp³-hybridized carbons (Fsp3) is 0.636. The number of carbonyl (C=O) groups is 1. The standard InChI is InChI=1S/C11H17N3O/c1-14-8-12-7-10(14)4-5-13-11(15)6-9-2-3-9/h7-9H,2-6H2,1H3,(H,13,15). The second-order valence-corrected chi connectivity index (χ2v) is 4.24. The van der Waals surface area contributed by atoms with E-state index in [0.717, 1.165) is 12.1 Å². The van der Waals surface area contributed by atoms with E-state index in [-0.39, 0.29) is 5.91 Å². The summed E-state index contributed by atoms with van der Waals surface area (Å²) in [6, 6.07) is 0. The second kappa shape index (κ2) is 4.47. The number of hydrogen-bond acceptors (Lipinski definition) is 2. The van der Waals surface area contributed by atoms with Gasteiger partial charge in [-0.15, -0.1) is 0 Å². The van der Waals surface area contributed by atoms with Crippen molar-refractivity contribution in [1.29, 1.82) is 0 Å². The molecule has 4 heteroatoms. The Bertz CT molecular complexity index is 341. The summed E-state index contributed by atoms with van der Waals surface area (Å²) in [5.74, 6) is 0.862. The SMILES string of the molecule is Cn1cncc1CCNC(=O)CC1CC1. The van der Waals surface area contributed by atoms with Gasteiger partial charge in [0.05, 0.1) is 6.33 Å². The van der Waals surface area contributed by atoms with Crippen LogP contribution >= 0.6 is 0 Å². The van der Waals surface area contributed by atoms with Crippen LogP contribution in [0, 0.1) is 5.92 Å². The Morgan fingerprint density at radius 2 is 2.47 bits per heavy atom. The highest BCUT2D eigenvalue weighted by Gasteiger charge is 2.23. The highest BCUT2D eigenvalue weighted by molar-refractivity contribution is 5.76. The summed E-state index contributed by atoms with van der Waals surface area (Å²) in [5, 5.41) is 2.94. The van der Waals surface area contributed by atoms with Gasteiger partial charge in [0.2, 0.25) is 5.91 Å². The molecule has 0 radical (unpaired) electrons. The number of aromatic nitrogens is 2. The first-order chi connectivity index (χ1) is 7.25. The molecule has 1 aliphatic carbocycles. The van der Waals surface area contributed by atoms with Crippen molar-refractivity contribution >= 4 is 5.91 Å². The maximum absolute atomic E-state index is 11.4. The van der Waals surface area contributed by atoms with Crippen molar-refractivity contribution in [3.8, 4) is 0 Å². The summed E-state index contributed by atoms with van der Waals surface area (Å²) >= 11 is 0. The summed E-state index contributed by atoms with van der Waals surface area (Å²) < 4.78 is 1.98. The molecule has 1 saturated carbocycles. The number of nitrogens with one attached hydrogen (secondary N) is 1. The summed E-state index contributed by atoms with van der Waals surface area (Å²) in [5.41, 5.74) is 1.15. The van der Waals surface area contributed by atoms with Gasteiger partial charge in [0.1, 0.15) is 0 Å². The second-order valence-electron chi connectivity index (χ2n) is 4.24. The third kappa shape index (κ3) is 3.08. The minimum absolute atomic E-state index is 0.194. The molecule has 1 fully saturated rings. The van der Waals surface area contributed by atoms with Gasteiger partial charge in [0.15, 0.2) is 0 Å². The van der Waals surface area contributed by atoms with E-state index in [1.54, 1.807) is 6.33 Å². The average molecular weight is 207 g/mol. The lowest BCUT2D eigenvalue weighted by molar-refractivity contribution is -0.121. The Morgan fingerprint density at radius 1 is 1.67 bits per heavy atom. The van der Waals surface area contributed by atoms with Crippen LogP contribution in [0.15, 0.2) is 12.5 Å². The lowest BCUT2D eigenvalue weighted by Crippen LogP contribution is -2.26. The van der Waals surface area contributed by atoms with Crippen LogP contribution in [0.1, 0.15) is 25.0 Å². The number of rotatable bonds is 5. The number of nitrogens with zero attached hydrogens (tertiary/aromatic N) is 2. The van der Waals surface area contributed by atoms with Crippen LogP contribution < -0.4 is 5.32 Å². The Kier molecular flexibility index (Phi) is 3.04. The molecule has 0 saturated heterocycles. The van der Waals surface area contributed by atoms with Crippen molar-refractivity contribution in [2.75, 3.05) is 6.54 Å². The van der Waals surface area contributed by atoms with E-state index in [1.165, 1.54) is 12.8 Å². The van der Waals surface area contributed by atoms with Crippen LogP contribution in [0.2, 0.25) is 0 Å². The highest BCUT2D eigenvalue weighted by Crippen LogP contribution is 2.31. The quantitative estimate of drug-likeness (QED) is 0.779. The van der Waals surface area contributed by atoms with Gasteiger partial charge in [-0.2, -0.15) is 0 Å². The molecule has 0 unspecified atom stereocenters. The summed E-state index contributed by atoms with van der Waals surface area (Å²) in [6.45, 7) is 0.713.